The Morgan fingerprint density at radius 1 is 1.03 bits per heavy atom. The zero-order chi connectivity index (χ0) is 27.6. The highest BCUT2D eigenvalue weighted by molar-refractivity contribution is 7.96. The largest absolute Gasteiger partial charge is 0.430 e. The van der Waals surface area contributed by atoms with Crippen LogP contribution in [0.5, 0.6) is 0 Å². The smallest absolute Gasteiger partial charge is 0.395 e. The predicted octanol–water partition coefficient (Wildman–Crippen LogP) is 3.40. The van der Waals surface area contributed by atoms with E-state index in [4.69, 9.17) is 17.3 Å². The Hall–Kier alpha value is -2.44. The van der Waals surface area contributed by atoms with Crippen molar-refractivity contribution in [2.75, 3.05) is 37.7 Å². The predicted molar refractivity (Wildman–Crippen MR) is 128 cm³/mol. The van der Waals surface area contributed by atoms with Gasteiger partial charge in [-0.05, 0) is 18.2 Å². The fraction of sp³-hybridized carbons (Fsp3) is 0.435. The number of halogens is 6. The van der Waals surface area contributed by atoms with Gasteiger partial charge in [-0.15, -0.1) is 0 Å². The number of rotatable bonds is 5. The molecular formula is C23H22F6N2O4S2. The Labute approximate surface area is 214 Å². The number of sulfonamides is 1. The minimum absolute atomic E-state index is 0.0111. The van der Waals surface area contributed by atoms with Gasteiger partial charge in [0.15, 0.2) is 0 Å². The van der Waals surface area contributed by atoms with Crippen molar-refractivity contribution in [3.63, 3.8) is 0 Å². The summed E-state index contributed by atoms with van der Waals surface area (Å²) in [4.78, 5) is 1.85. The molecule has 3 rings (SSSR count). The summed E-state index contributed by atoms with van der Waals surface area (Å²) in [6.45, 7) is -0.309. The van der Waals surface area contributed by atoms with E-state index in [0.29, 0.717) is 18.6 Å². The number of hydrogen-bond donors (Lipinski definition) is 2. The SMILES string of the molecule is O=S(=O)(C1=CC=CCC1=S)N1CCN(c2ccc(C(O)(C(F)(F)F)C(F)(F)F)cc2C#CCCO)CC1. The van der Waals surface area contributed by atoms with E-state index >= 15 is 0 Å². The molecule has 14 heteroatoms. The Balaban J connectivity index is 1.94. The number of aliphatic hydroxyl groups is 2. The second-order valence-corrected chi connectivity index (χ2v) is 10.6. The number of alkyl halides is 6. The number of hydrogen-bond acceptors (Lipinski definition) is 6. The lowest BCUT2D eigenvalue weighted by Gasteiger charge is -2.37. The molecule has 0 atom stereocenters. The quantitative estimate of drug-likeness (QED) is 0.322. The van der Waals surface area contributed by atoms with Gasteiger partial charge in [-0.3, -0.25) is 0 Å². The summed E-state index contributed by atoms with van der Waals surface area (Å²) >= 11 is 5.16. The van der Waals surface area contributed by atoms with Crippen LogP contribution >= 0.6 is 12.2 Å². The van der Waals surface area contributed by atoms with Crippen molar-refractivity contribution < 1.29 is 45.0 Å². The van der Waals surface area contributed by atoms with Crippen LogP contribution in [-0.2, 0) is 15.6 Å². The van der Waals surface area contributed by atoms with Gasteiger partial charge in [0.1, 0.15) is 0 Å². The summed E-state index contributed by atoms with van der Waals surface area (Å²) in [5.41, 5.74) is -6.67. The Morgan fingerprint density at radius 2 is 1.65 bits per heavy atom. The van der Waals surface area contributed by atoms with Crippen molar-refractivity contribution in [3.8, 4) is 11.8 Å². The summed E-state index contributed by atoms with van der Waals surface area (Å²) in [6, 6.07) is 2.02. The third-order valence-corrected chi connectivity index (χ3v) is 8.35. The Morgan fingerprint density at radius 3 is 2.19 bits per heavy atom. The standard InChI is InChI=1S/C23H22F6N2O4S2/c24-22(25,26)21(33,23(27,28)29)17-8-9-18(16(15-17)5-3-4-14-32)30-10-12-31(13-11-30)37(34,35)20-7-2-1-6-19(20)36/h1-2,7-9,15,32-33H,4,6,10-14H2. The molecule has 1 heterocycles. The maximum absolute atomic E-state index is 13.4. The number of allylic oxidation sites excluding steroid dienone is 4. The Kier molecular flexibility index (Phi) is 8.45. The van der Waals surface area contributed by atoms with Gasteiger partial charge in [-0.1, -0.05) is 42.3 Å². The van der Waals surface area contributed by atoms with E-state index in [9.17, 15) is 39.9 Å². The van der Waals surface area contributed by atoms with Crippen molar-refractivity contribution in [1.29, 1.82) is 0 Å². The Bertz CT molecular complexity index is 1250. The molecule has 0 bridgehead atoms. The molecule has 0 aromatic heterocycles. The van der Waals surface area contributed by atoms with Crippen LogP contribution in [0.4, 0.5) is 32.0 Å². The molecule has 2 N–H and O–H groups in total. The number of thiocarbonyl (C=S) groups is 1. The third kappa shape index (κ3) is 5.70. The van der Waals surface area contributed by atoms with Gasteiger partial charge >= 0.3 is 12.4 Å². The first-order valence-corrected chi connectivity index (χ1v) is 12.7. The number of aliphatic hydroxyl groups excluding tert-OH is 1. The minimum atomic E-state index is -6.06. The lowest BCUT2D eigenvalue weighted by Crippen LogP contribution is -2.54. The van der Waals surface area contributed by atoms with Crippen LogP contribution in [0.3, 0.4) is 0 Å². The number of anilines is 1. The van der Waals surface area contributed by atoms with E-state index in [0.717, 1.165) is 6.07 Å². The first-order valence-electron chi connectivity index (χ1n) is 10.9. The number of benzene rings is 1. The molecular weight excluding hydrogens is 546 g/mol. The second kappa shape index (κ2) is 10.7. The van der Waals surface area contributed by atoms with Crippen LogP contribution in [0.25, 0.3) is 0 Å². The highest BCUT2D eigenvalue weighted by atomic mass is 32.2. The molecule has 0 spiro atoms. The van der Waals surface area contributed by atoms with Crippen molar-refractivity contribution in [1.82, 2.24) is 4.31 Å². The van der Waals surface area contributed by atoms with Gasteiger partial charge in [-0.25, -0.2) is 8.42 Å². The molecule has 37 heavy (non-hydrogen) atoms. The van der Waals surface area contributed by atoms with E-state index in [1.165, 1.54) is 10.4 Å². The molecule has 1 aliphatic heterocycles. The molecule has 0 radical (unpaired) electrons. The maximum Gasteiger partial charge on any atom is 0.430 e. The third-order valence-electron chi connectivity index (χ3n) is 5.85. The van der Waals surface area contributed by atoms with Gasteiger partial charge in [-0.2, -0.15) is 30.6 Å². The van der Waals surface area contributed by atoms with Crippen LogP contribution in [0.1, 0.15) is 24.0 Å². The molecule has 0 unspecified atom stereocenters. The molecule has 0 saturated carbocycles. The summed E-state index contributed by atoms with van der Waals surface area (Å²) in [5, 5.41) is 18.7. The fourth-order valence-corrected chi connectivity index (χ4v) is 5.92. The summed E-state index contributed by atoms with van der Waals surface area (Å²) in [6.07, 6.45) is -7.20. The van der Waals surface area contributed by atoms with Gasteiger partial charge in [0.25, 0.3) is 5.60 Å². The van der Waals surface area contributed by atoms with Gasteiger partial charge in [0.2, 0.25) is 10.0 Å². The first-order chi connectivity index (χ1) is 17.1. The molecule has 2 aliphatic rings. The molecule has 1 aromatic rings. The molecule has 202 valence electrons. The first kappa shape index (κ1) is 29.1. The zero-order valence-corrected chi connectivity index (χ0v) is 20.7. The van der Waals surface area contributed by atoms with Crippen LogP contribution in [0.2, 0.25) is 0 Å². The lowest BCUT2D eigenvalue weighted by molar-refractivity contribution is -0.376. The van der Waals surface area contributed by atoms with Crippen LogP contribution < -0.4 is 4.90 Å². The number of nitrogens with zero attached hydrogens (tertiary/aromatic N) is 2. The van der Waals surface area contributed by atoms with E-state index < -0.39 is 33.5 Å². The fourth-order valence-electron chi connectivity index (χ4n) is 3.90. The molecule has 1 fully saturated rings. The monoisotopic (exact) mass is 568 g/mol. The van der Waals surface area contributed by atoms with Crippen molar-refractivity contribution in [2.24, 2.45) is 0 Å². The zero-order valence-electron chi connectivity index (χ0n) is 19.1. The van der Waals surface area contributed by atoms with Gasteiger partial charge in [0, 0.05) is 55.0 Å². The molecule has 0 amide bonds. The van der Waals surface area contributed by atoms with E-state index in [-0.39, 0.29) is 60.2 Å². The molecule has 1 saturated heterocycles. The van der Waals surface area contributed by atoms with Gasteiger partial charge < -0.3 is 15.1 Å². The van der Waals surface area contributed by atoms with Crippen LogP contribution in [0, 0.1) is 11.8 Å². The lowest BCUT2D eigenvalue weighted by atomic mass is 9.90. The highest BCUT2D eigenvalue weighted by Crippen LogP contribution is 2.50. The van der Waals surface area contributed by atoms with E-state index in [1.807, 2.05) is 0 Å². The van der Waals surface area contributed by atoms with Crippen molar-refractivity contribution in [3.05, 3.63) is 52.5 Å². The van der Waals surface area contributed by atoms with E-state index in [2.05, 4.69) is 11.8 Å². The topological polar surface area (TPSA) is 81.1 Å². The van der Waals surface area contributed by atoms with Crippen molar-refractivity contribution in [2.45, 2.75) is 30.8 Å². The van der Waals surface area contributed by atoms with Crippen LogP contribution in [-0.4, -0.2) is 72.9 Å². The van der Waals surface area contributed by atoms with Crippen LogP contribution in [0.15, 0.2) is 41.3 Å². The average Bonchev–Trinajstić information content (AvgIpc) is 2.82. The minimum Gasteiger partial charge on any atom is -0.395 e. The highest BCUT2D eigenvalue weighted by Gasteiger charge is 2.71. The second-order valence-electron chi connectivity index (χ2n) is 8.19. The molecule has 1 aliphatic carbocycles. The average molecular weight is 569 g/mol. The molecule has 6 nitrogen and oxygen atoms in total. The van der Waals surface area contributed by atoms with E-state index in [1.54, 1.807) is 17.1 Å². The molecule has 1 aromatic carbocycles. The maximum atomic E-state index is 13.4. The summed E-state index contributed by atoms with van der Waals surface area (Å²) in [7, 11) is -3.89. The number of piperazine rings is 1. The summed E-state index contributed by atoms with van der Waals surface area (Å²) < 4.78 is 108. The van der Waals surface area contributed by atoms with Crippen molar-refractivity contribution >= 4 is 32.8 Å². The van der Waals surface area contributed by atoms with Gasteiger partial charge in [0.05, 0.1) is 17.2 Å². The normalized spacial score (nSPS) is 17.9. The summed E-state index contributed by atoms with van der Waals surface area (Å²) in [5.74, 6) is 4.93.